The fourth-order valence-electron chi connectivity index (χ4n) is 1.64. The summed E-state index contributed by atoms with van der Waals surface area (Å²) in [6.45, 7) is 2.33. The van der Waals surface area contributed by atoms with E-state index in [1.54, 1.807) is 36.4 Å². The third kappa shape index (κ3) is 3.44. The smallest absolute Gasteiger partial charge is 0.166 e. The molecule has 0 amide bonds. The molecule has 104 valence electrons. The van der Waals surface area contributed by atoms with E-state index in [1.165, 1.54) is 6.21 Å². The fourth-order valence-corrected chi connectivity index (χ4v) is 1.97. The molecule has 2 aromatic carbocycles. The summed E-state index contributed by atoms with van der Waals surface area (Å²) in [7, 11) is 0. The molecule has 0 spiro atoms. The van der Waals surface area contributed by atoms with Crippen LogP contribution in [0.3, 0.4) is 0 Å². The molecule has 1 N–H and O–H groups in total. The molecule has 2 aromatic rings. The van der Waals surface area contributed by atoms with Crippen LogP contribution in [0.4, 0.5) is 5.69 Å². The predicted octanol–water partition coefficient (Wildman–Crippen LogP) is 4.85. The van der Waals surface area contributed by atoms with Crippen molar-refractivity contribution >= 4 is 35.1 Å². The van der Waals surface area contributed by atoms with E-state index in [9.17, 15) is 5.11 Å². The van der Waals surface area contributed by atoms with Gasteiger partial charge in [-0.1, -0.05) is 29.3 Å². The average Bonchev–Trinajstić information content (AvgIpc) is 2.43. The molecular formula is C15H13Cl2NO2. The monoisotopic (exact) mass is 309 g/mol. The van der Waals surface area contributed by atoms with Crippen molar-refractivity contribution in [3.63, 3.8) is 0 Å². The largest absolute Gasteiger partial charge is 0.504 e. The molecule has 0 saturated heterocycles. The Morgan fingerprint density at radius 1 is 1.25 bits per heavy atom. The Balaban J connectivity index is 2.32. The molecule has 0 fully saturated rings. The highest BCUT2D eigenvalue weighted by Gasteiger charge is 2.06. The van der Waals surface area contributed by atoms with E-state index in [2.05, 4.69) is 4.99 Å². The van der Waals surface area contributed by atoms with Gasteiger partial charge in [-0.25, -0.2) is 0 Å². The van der Waals surface area contributed by atoms with Gasteiger partial charge in [0.2, 0.25) is 0 Å². The molecule has 0 aromatic heterocycles. The molecule has 0 radical (unpaired) electrons. The molecule has 0 aliphatic carbocycles. The number of halogens is 2. The minimum absolute atomic E-state index is 0.0521. The normalized spacial score (nSPS) is 10.9. The minimum atomic E-state index is 0.0521. The zero-order chi connectivity index (χ0) is 14.5. The number of nitrogens with zero attached hydrogens (tertiary/aromatic N) is 1. The van der Waals surface area contributed by atoms with Gasteiger partial charge in [0, 0.05) is 16.8 Å². The second kappa shape index (κ2) is 6.64. The molecule has 0 saturated carbocycles. The van der Waals surface area contributed by atoms with Gasteiger partial charge in [0.25, 0.3) is 0 Å². The van der Waals surface area contributed by atoms with Crippen molar-refractivity contribution in [1.82, 2.24) is 0 Å². The molecule has 0 unspecified atom stereocenters. The van der Waals surface area contributed by atoms with E-state index >= 15 is 0 Å². The number of rotatable bonds is 4. The number of para-hydroxylation sites is 1. The Morgan fingerprint density at radius 2 is 2.05 bits per heavy atom. The summed E-state index contributed by atoms with van der Waals surface area (Å²) >= 11 is 11.9. The van der Waals surface area contributed by atoms with Crippen LogP contribution in [0.5, 0.6) is 11.5 Å². The molecule has 20 heavy (non-hydrogen) atoms. The van der Waals surface area contributed by atoms with Gasteiger partial charge < -0.3 is 9.84 Å². The third-order valence-corrected chi connectivity index (χ3v) is 3.14. The SMILES string of the molecule is CCOc1cccc(C=Nc2cc(Cl)ccc2Cl)c1O. The Morgan fingerprint density at radius 3 is 2.80 bits per heavy atom. The number of hydrogen-bond donors (Lipinski definition) is 1. The Bertz CT molecular complexity index is 642. The van der Waals surface area contributed by atoms with Crippen LogP contribution in [-0.2, 0) is 0 Å². The molecule has 2 rings (SSSR count). The minimum Gasteiger partial charge on any atom is -0.504 e. The molecule has 3 nitrogen and oxygen atoms in total. The summed E-state index contributed by atoms with van der Waals surface area (Å²) in [4.78, 5) is 4.24. The highest BCUT2D eigenvalue weighted by Crippen LogP contribution is 2.31. The second-order valence-electron chi connectivity index (χ2n) is 3.98. The first kappa shape index (κ1) is 14.7. The number of aliphatic imine (C=N–C) groups is 1. The Hall–Kier alpha value is -1.71. The Kier molecular flexibility index (Phi) is 4.88. The summed E-state index contributed by atoms with van der Waals surface area (Å²) in [5.41, 5.74) is 1.09. The summed E-state index contributed by atoms with van der Waals surface area (Å²) in [6.07, 6.45) is 1.52. The highest BCUT2D eigenvalue weighted by atomic mass is 35.5. The van der Waals surface area contributed by atoms with Gasteiger partial charge in [0.05, 0.1) is 17.3 Å². The van der Waals surface area contributed by atoms with Crippen LogP contribution in [-0.4, -0.2) is 17.9 Å². The van der Waals surface area contributed by atoms with E-state index in [0.717, 1.165) is 0 Å². The highest BCUT2D eigenvalue weighted by molar-refractivity contribution is 6.35. The molecule has 0 atom stereocenters. The second-order valence-corrected chi connectivity index (χ2v) is 4.82. The van der Waals surface area contributed by atoms with Crippen molar-refractivity contribution in [3.05, 3.63) is 52.0 Å². The maximum Gasteiger partial charge on any atom is 0.166 e. The average molecular weight is 310 g/mol. The van der Waals surface area contributed by atoms with Crippen molar-refractivity contribution in [3.8, 4) is 11.5 Å². The van der Waals surface area contributed by atoms with E-state index in [0.29, 0.717) is 33.7 Å². The van der Waals surface area contributed by atoms with Crippen LogP contribution in [0, 0.1) is 0 Å². The van der Waals surface area contributed by atoms with Gasteiger partial charge in [0.1, 0.15) is 0 Å². The lowest BCUT2D eigenvalue weighted by Crippen LogP contribution is -1.93. The van der Waals surface area contributed by atoms with Crippen LogP contribution in [0.25, 0.3) is 0 Å². The van der Waals surface area contributed by atoms with E-state index in [-0.39, 0.29) is 5.75 Å². The first-order valence-electron chi connectivity index (χ1n) is 6.05. The van der Waals surface area contributed by atoms with E-state index in [4.69, 9.17) is 27.9 Å². The van der Waals surface area contributed by atoms with Crippen LogP contribution in [0.2, 0.25) is 10.0 Å². The lowest BCUT2D eigenvalue weighted by atomic mass is 10.2. The van der Waals surface area contributed by atoms with Crippen molar-refractivity contribution < 1.29 is 9.84 Å². The van der Waals surface area contributed by atoms with Crippen LogP contribution >= 0.6 is 23.2 Å². The molecule has 0 aliphatic heterocycles. The maximum absolute atomic E-state index is 10.0. The van der Waals surface area contributed by atoms with Gasteiger partial charge in [0.15, 0.2) is 11.5 Å². The van der Waals surface area contributed by atoms with E-state index < -0.39 is 0 Å². The molecule has 5 heteroatoms. The number of ether oxygens (including phenoxy) is 1. The van der Waals surface area contributed by atoms with Gasteiger partial charge in [-0.05, 0) is 37.3 Å². The van der Waals surface area contributed by atoms with Gasteiger partial charge in [-0.3, -0.25) is 4.99 Å². The van der Waals surface area contributed by atoms with E-state index in [1.807, 2.05) is 6.92 Å². The third-order valence-electron chi connectivity index (χ3n) is 2.58. The van der Waals surface area contributed by atoms with Gasteiger partial charge in [-0.15, -0.1) is 0 Å². The Labute approximate surface area is 127 Å². The predicted molar refractivity (Wildman–Crippen MR) is 83.0 cm³/mol. The van der Waals surface area contributed by atoms with Crippen molar-refractivity contribution in [2.45, 2.75) is 6.92 Å². The lowest BCUT2D eigenvalue weighted by Gasteiger charge is -2.07. The molecular weight excluding hydrogens is 297 g/mol. The zero-order valence-electron chi connectivity index (χ0n) is 10.8. The summed E-state index contributed by atoms with van der Waals surface area (Å²) in [5.74, 6) is 0.477. The van der Waals surface area contributed by atoms with Crippen molar-refractivity contribution in [2.24, 2.45) is 4.99 Å². The van der Waals surface area contributed by atoms with Crippen LogP contribution in [0.1, 0.15) is 12.5 Å². The quantitative estimate of drug-likeness (QED) is 0.820. The number of aromatic hydroxyl groups is 1. The topological polar surface area (TPSA) is 41.8 Å². The summed E-state index contributed by atoms with van der Waals surface area (Å²) in [6, 6.07) is 10.2. The summed E-state index contributed by atoms with van der Waals surface area (Å²) in [5, 5.41) is 11.1. The van der Waals surface area contributed by atoms with Gasteiger partial charge >= 0.3 is 0 Å². The number of phenols is 1. The molecule has 0 aliphatic rings. The van der Waals surface area contributed by atoms with Gasteiger partial charge in [-0.2, -0.15) is 0 Å². The maximum atomic E-state index is 10.0. The van der Waals surface area contributed by atoms with Crippen molar-refractivity contribution in [2.75, 3.05) is 6.61 Å². The zero-order valence-corrected chi connectivity index (χ0v) is 12.3. The molecule has 0 heterocycles. The van der Waals surface area contributed by atoms with Crippen LogP contribution in [0.15, 0.2) is 41.4 Å². The number of hydrogen-bond acceptors (Lipinski definition) is 3. The number of phenolic OH excluding ortho intramolecular Hbond substituents is 1. The first-order valence-corrected chi connectivity index (χ1v) is 6.81. The van der Waals surface area contributed by atoms with Crippen molar-refractivity contribution in [1.29, 1.82) is 0 Å². The fraction of sp³-hybridized carbons (Fsp3) is 0.133. The lowest BCUT2D eigenvalue weighted by molar-refractivity contribution is 0.318. The summed E-state index contributed by atoms with van der Waals surface area (Å²) < 4.78 is 5.31. The standard InChI is InChI=1S/C15H13Cl2NO2/c1-2-20-14-5-3-4-10(15(14)19)9-18-13-8-11(16)6-7-12(13)17/h3-9,19H,2H2,1H3. The van der Waals surface area contributed by atoms with Crippen LogP contribution < -0.4 is 4.74 Å². The first-order chi connectivity index (χ1) is 9.61. The molecule has 0 bridgehead atoms. The number of benzene rings is 2.